The predicted molar refractivity (Wildman–Crippen MR) is 72.9 cm³/mol. The number of hydrogen-bond acceptors (Lipinski definition) is 6. The lowest BCUT2D eigenvalue weighted by atomic mass is 9.98. The highest BCUT2D eigenvalue weighted by Crippen LogP contribution is 2.39. The van der Waals surface area contributed by atoms with Gasteiger partial charge in [0.15, 0.2) is 5.16 Å². The van der Waals surface area contributed by atoms with E-state index < -0.39 is 5.54 Å². The first-order chi connectivity index (χ1) is 9.20. The van der Waals surface area contributed by atoms with Crippen LogP contribution in [0.4, 0.5) is 0 Å². The molecule has 2 N–H and O–H groups in total. The normalized spacial score (nSPS) is 26.5. The van der Waals surface area contributed by atoms with E-state index in [2.05, 4.69) is 20.5 Å². The molecule has 1 fully saturated rings. The Balaban J connectivity index is 2.00. The summed E-state index contributed by atoms with van der Waals surface area (Å²) in [6, 6.07) is 0. The van der Waals surface area contributed by atoms with Crippen LogP contribution in [0.15, 0.2) is 11.5 Å². The molecule has 7 heteroatoms. The summed E-state index contributed by atoms with van der Waals surface area (Å²) in [5.74, 6) is -0.127. The van der Waals surface area contributed by atoms with Crippen molar-refractivity contribution in [3.05, 3.63) is 6.33 Å². The van der Waals surface area contributed by atoms with E-state index in [-0.39, 0.29) is 5.97 Å². The van der Waals surface area contributed by atoms with Gasteiger partial charge in [0.25, 0.3) is 0 Å². The average molecular weight is 284 g/mol. The van der Waals surface area contributed by atoms with Crippen LogP contribution in [-0.4, -0.2) is 45.1 Å². The molecule has 2 rings (SSSR count). The number of nitrogens with one attached hydrogen (secondary N) is 2. The molecule has 1 aromatic rings. The third-order valence-corrected chi connectivity index (χ3v) is 4.48. The number of aromatic amines is 1. The number of hydrogen-bond donors (Lipinski definition) is 2. The molecule has 2 atom stereocenters. The van der Waals surface area contributed by atoms with Gasteiger partial charge in [-0.25, -0.2) is 4.98 Å². The van der Waals surface area contributed by atoms with E-state index in [1.165, 1.54) is 6.33 Å². The van der Waals surface area contributed by atoms with Crippen LogP contribution in [0.2, 0.25) is 0 Å². The maximum atomic E-state index is 12.2. The summed E-state index contributed by atoms with van der Waals surface area (Å²) >= 11 is 1.64. The summed E-state index contributed by atoms with van der Waals surface area (Å²) in [4.78, 5) is 16.3. The molecule has 0 amide bonds. The number of thioether (sulfide) groups is 1. The Labute approximate surface area is 117 Å². The molecule has 0 bridgehead atoms. The second kappa shape index (κ2) is 6.38. The molecule has 0 aromatic carbocycles. The van der Waals surface area contributed by atoms with Gasteiger partial charge in [-0.2, -0.15) is 5.10 Å². The first-order valence-corrected chi connectivity index (χ1v) is 7.52. The number of rotatable bonds is 6. The average Bonchev–Trinajstić information content (AvgIpc) is 3.02. The topological polar surface area (TPSA) is 79.9 Å². The zero-order valence-corrected chi connectivity index (χ0v) is 12.1. The molecule has 0 saturated heterocycles. The smallest absolute Gasteiger partial charge is 0.326 e. The van der Waals surface area contributed by atoms with Crippen molar-refractivity contribution in [1.29, 1.82) is 0 Å². The van der Waals surface area contributed by atoms with Crippen molar-refractivity contribution >= 4 is 17.7 Å². The van der Waals surface area contributed by atoms with Crippen LogP contribution >= 0.6 is 11.8 Å². The van der Waals surface area contributed by atoms with Crippen LogP contribution in [0.5, 0.6) is 0 Å². The predicted octanol–water partition coefficient (Wildman–Crippen LogP) is 1.36. The van der Waals surface area contributed by atoms with Gasteiger partial charge in [0.1, 0.15) is 11.9 Å². The minimum absolute atomic E-state index is 0.127. The van der Waals surface area contributed by atoms with Crippen LogP contribution < -0.4 is 5.32 Å². The lowest BCUT2D eigenvalue weighted by molar-refractivity contribution is -0.151. The van der Waals surface area contributed by atoms with Crippen molar-refractivity contribution < 1.29 is 9.53 Å². The number of H-pyrrole nitrogens is 1. The zero-order valence-electron chi connectivity index (χ0n) is 11.3. The minimum atomic E-state index is -0.525. The molecule has 106 valence electrons. The van der Waals surface area contributed by atoms with E-state index in [4.69, 9.17) is 4.74 Å². The molecule has 19 heavy (non-hydrogen) atoms. The van der Waals surface area contributed by atoms with Crippen molar-refractivity contribution in [1.82, 2.24) is 20.5 Å². The number of ether oxygens (including phenoxy) is 1. The largest absolute Gasteiger partial charge is 0.465 e. The van der Waals surface area contributed by atoms with Crippen molar-refractivity contribution in [2.24, 2.45) is 0 Å². The van der Waals surface area contributed by atoms with Crippen molar-refractivity contribution in [3.8, 4) is 0 Å². The fraction of sp³-hybridized carbons (Fsp3) is 0.750. The third-order valence-electron chi connectivity index (χ3n) is 3.32. The molecule has 6 nitrogen and oxygen atoms in total. The molecule has 0 aliphatic heterocycles. The van der Waals surface area contributed by atoms with Crippen LogP contribution in [0.3, 0.4) is 0 Å². The fourth-order valence-corrected chi connectivity index (χ4v) is 3.67. The number of aromatic nitrogens is 3. The Morgan fingerprint density at radius 2 is 2.53 bits per heavy atom. The molecule has 0 radical (unpaired) electrons. The van der Waals surface area contributed by atoms with Gasteiger partial charge in [-0.05, 0) is 32.7 Å². The van der Waals surface area contributed by atoms with E-state index in [9.17, 15) is 4.79 Å². The van der Waals surface area contributed by atoms with E-state index >= 15 is 0 Å². The molecule has 2 unspecified atom stereocenters. The van der Waals surface area contributed by atoms with Gasteiger partial charge in [0.2, 0.25) is 0 Å². The minimum Gasteiger partial charge on any atom is -0.465 e. The lowest BCUT2D eigenvalue weighted by Gasteiger charge is -2.27. The van der Waals surface area contributed by atoms with Gasteiger partial charge >= 0.3 is 5.97 Å². The van der Waals surface area contributed by atoms with Gasteiger partial charge < -0.3 is 10.1 Å². The highest BCUT2D eigenvalue weighted by atomic mass is 32.2. The summed E-state index contributed by atoms with van der Waals surface area (Å²) < 4.78 is 5.22. The Morgan fingerprint density at radius 1 is 1.68 bits per heavy atom. The van der Waals surface area contributed by atoms with E-state index in [1.807, 2.05) is 13.8 Å². The lowest BCUT2D eigenvalue weighted by Crippen LogP contribution is -2.51. The zero-order chi connectivity index (χ0) is 13.7. The maximum Gasteiger partial charge on any atom is 0.326 e. The Bertz CT molecular complexity index is 412. The molecule has 1 aliphatic rings. The summed E-state index contributed by atoms with van der Waals surface area (Å²) in [5, 5.41) is 11.2. The SMILES string of the molecule is CCNC1(C(=O)OCC)CCC(Sc2ncn[nH]2)C1. The second-order valence-corrected chi connectivity index (χ2v) is 5.90. The van der Waals surface area contributed by atoms with Gasteiger partial charge in [0.05, 0.1) is 6.61 Å². The van der Waals surface area contributed by atoms with Crippen LogP contribution in [0, 0.1) is 0 Å². The first-order valence-electron chi connectivity index (χ1n) is 6.64. The number of esters is 1. The van der Waals surface area contributed by atoms with Crippen LogP contribution in [0.1, 0.15) is 33.1 Å². The Hall–Kier alpha value is -1.08. The molecular weight excluding hydrogens is 264 g/mol. The van der Waals surface area contributed by atoms with Crippen molar-refractivity contribution in [3.63, 3.8) is 0 Å². The molecular formula is C12H20N4O2S. The summed E-state index contributed by atoms with van der Waals surface area (Å²) in [7, 11) is 0. The molecule has 1 saturated carbocycles. The maximum absolute atomic E-state index is 12.2. The fourth-order valence-electron chi connectivity index (χ4n) is 2.54. The van der Waals surface area contributed by atoms with E-state index in [0.29, 0.717) is 11.9 Å². The summed E-state index contributed by atoms with van der Waals surface area (Å²) in [5.41, 5.74) is -0.525. The van der Waals surface area contributed by atoms with Gasteiger partial charge in [-0.15, -0.1) is 0 Å². The molecule has 1 aromatic heterocycles. The summed E-state index contributed by atoms with van der Waals surface area (Å²) in [6.07, 6.45) is 4.05. The second-order valence-electron chi connectivity index (χ2n) is 4.61. The number of nitrogens with zero attached hydrogens (tertiary/aromatic N) is 2. The van der Waals surface area contributed by atoms with Crippen LogP contribution in [-0.2, 0) is 9.53 Å². The first kappa shape index (κ1) is 14.3. The highest BCUT2D eigenvalue weighted by molar-refractivity contribution is 7.99. The third kappa shape index (κ3) is 3.27. The van der Waals surface area contributed by atoms with E-state index in [1.54, 1.807) is 11.8 Å². The van der Waals surface area contributed by atoms with Gasteiger partial charge in [0, 0.05) is 5.25 Å². The van der Waals surface area contributed by atoms with Crippen molar-refractivity contribution in [2.75, 3.05) is 13.2 Å². The van der Waals surface area contributed by atoms with Crippen molar-refractivity contribution in [2.45, 2.75) is 49.1 Å². The summed E-state index contributed by atoms with van der Waals surface area (Å²) in [6.45, 7) is 5.04. The monoisotopic (exact) mass is 284 g/mol. The molecule has 0 spiro atoms. The number of carbonyl (C=O) groups excluding carboxylic acids is 1. The van der Waals surface area contributed by atoms with Gasteiger partial charge in [-0.3, -0.25) is 9.89 Å². The Kier molecular flexibility index (Phi) is 4.81. The molecule has 1 aliphatic carbocycles. The molecule has 1 heterocycles. The number of carbonyl (C=O) groups is 1. The quantitative estimate of drug-likeness (QED) is 0.768. The Morgan fingerprint density at radius 3 is 3.16 bits per heavy atom. The van der Waals surface area contributed by atoms with E-state index in [0.717, 1.165) is 31.0 Å². The number of likely N-dealkylation sites (N-methyl/N-ethyl adjacent to an activating group) is 1. The van der Waals surface area contributed by atoms with Crippen LogP contribution in [0.25, 0.3) is 0 Å². The highest BCUT2D eigenvalue weighted by Gasteiger charge is 2.46. The standard InChI is InChI=1S/C12H20N4O2S/c1-3-14-12(10(17)18-4-2)6-5-9(7-12)19-11-13-8-15-16-11/h8-9,14H,3-7H2,1-2H3,(H,13,15,16). The van der Waals surface area contributed by atoms with Gasteiger partial charge in [-0.1, -0.05) is 18.7 Å².